The van der Waals surface area contributed by atoms with Crippen LogP contribution in [0, 0.1) is 5.92 Å². The van der Waals surface area contributed by atoms with Gasteiger partial charge in [0.15, 0.2) is 0 Å². The molecule has 1 aliphatic heterocycles. The summed E-state index contributed by atoms with van der Waals surface area (Å²) in [5, 5.41) is 0. The summed E-state index contributed by atoms with van der Waals surface area (Å²) >= 11 is 0. The lowest BCUT2D eigenvalue weighted by Gasteiger charge is -2.36. The van der Waals surface area contributed by atoms with E-state index in [1.54, 1.807) is 0 Å². The Morgan fingerprint density at radius 2 is 1.71 bits per heavy atom. The lowest BCUT2D eigenvalue weighted by atomic mass is 10.1. The first-order valence-corrected chi connectivity index (χ1v) is 8.09. The summed E-state index contributed by atoms with van der Waals surface area (Å²) in [4.78, 5) is 8.42. The number of nitrogens with zero attached hydrogens (tertiary/aromatic N) is 2. The van der Waals surface area contributed by atoms with E-state index in [1.165, 1.54) is 49.4 Å². The molecule has 0 bridgehead atoms. The maximum absolute atomic E-state index is 3.26. The standard InChI is InChI=1S/C18H23N3/c1-2-18(19-9-1)16-5-7-17(8-6-16)21-12-10-20(11-13-21)14-15-3-4-15/h1-2,5-9,15,19H,3-4,10-14H2. The Bertz CT molecular complexity index is 561. The number of nitrogens with one attached hydrogen (secondary N) is 1. The minimum Gasteiger partial charge on any atom is -0.369 e. The van der Waals surface area contributed by atoms with Crippen molar-refractivity contribution in [3.05, 3.63) is 42.6 Å². The van der Waals surface area contributed by atoms with Gasteiger partial charge in [-0.2, -0.15) is 0 Å². The van der Waals surface area contributed by atoms with Crippen LogP contribution in [0.3, 0.4) is 0 Å². The number of H-pyrrole nitrogens is 1. The third kappa shape index (κ3) is 2.98. The molecule has 0 radical (unpaired) electrons. The first-order valence-electron chi connectivity index (χ1n) is 8.09. The Hall–Kier alpha value is -1.74. The predicted octanol–water partition coefficient (Wildman–Crippen LogP) is 3.21. The molecule has 2 aliphatic rings. The van der Waals surface area contributed by atoms with Crippen molar-refractivity contribution < 1.29 is 0 Å². The molecule has 4 rings (SSSR count). The van der Waals surface area contributed by atoms with E-state index in [0.717, 1.165) is 19.0 Å². The molecule has 1 saturated heterocycles. The smallest absolute Gasteiger partial charge is 0.0453 e. The molecule has 1 aliphatic carbocycles. The second kappa shape index (κ2) is 5.57. The highest BCUT2D eigenvalue weighted by molar-refractivity contribution is 5.63. The highest BCUT2D eigenvalue weighted by Crippen LogP contribution is 2.30. The minimum absolute atomic E-state index is 1.01. The summed E-state index contributed by atoms with van der Waals surface area (Å²) in [5.41, 5.74) is 3.81. The zero-order chi connectivity index (χ0) is 14.1. The van der Waals surface area contributed by atoms with Gasteiger partial charge in [-0.15, -0.1) is 0 Å². The third-order valence-electron chi connectivity index (χ3n) is 4.73. The highest BCUT2D eigenvalue weighted by Gasteiger charge is 2.26. The molecular weight excluding hydrogens is 258 g/mol. The van der Waals surface area contributed by atoms with Crippen molar-refractivity contribution in [1.29, 1.82) is 0 Å². The van der Waals surface area contributed by atoms with Crippen LogP contribution in [0.2, 0.25) is 0 Å². The van der Waals surface area contributed by atoms with Crippen LogP contribution in [-0.4, -0.2) is 42.6 Å². The van der Waals surface area contributed by atoms with Crippen LogP contribution in [0.1, 0.15) is 12.8 Å². The van der Waals surface area contributed by atoms with Crippen LogP contribution >= 0.6 is 0 Å². The highest BCUT2D eigenvalue weighted by atomic mass is 15.3. The molecule has 3 nitrogen and oxygen atoms in total. The fraction of sp³-hybridized carbons (Fsp3) is 0.444. The molecule has 2 aromatic rings. The number of rotatable bonds is 4. The summed E-state index contributed by atoms with van der Waals surface area (Å²) < 4.78 is 0. The van der Waals surface area contributed by atoms with Crippen molar-refractivity contribution >= 4 is 5.69 Å². The molecule has 21 heavy (non-hydrogen) atoms. The summed E-state index contributed by atoms with van der Waals surface area (Å²) in [6.45, 7) is 6.09. The number of anilines is 1. The molecular formula is C18H23N3. The van der Waals surface area contributed by atoms with E-state index in [4.69, 9.17) is 0 Å². The average Bonchev–Trinajstić information content (AvgIpc) is 3.18. The van der Waals surface area contributed by atoms with E-state index in [1.807, 2.05) is 12.3 Å². The van der Waals surface area contributed by atoms with Crippen LogP contribution in [0.4, 0.5) is 5.69 Å². The Kier molecular flexibility index (Phi) is 3.44. The summed E-state index contributed by atoms with van der Waals surface area (Å²) in [6.07, 6.45) is 4.89. The molecule has 3 heteroatoms. The Morgan fingerprint density at radius 1 is 0.952 bits per heavy atom. The second-order valence-corrected chi connectivity index (χ2v) is 6.36. The largest absolute Gasteiger partial charge is 0.369 e. The van der Waals surface area contributed by atoms with Gasteiger partial charge in [0.05, 0.1) is 0 Å². The third-order valence-corrected chi connectivity index (χ3v) is 4.73. The fourth-order valence-electron chi connectivity index (χ4n) is 3.22. The molecule has 2 fully saturated rings. The van der Waals surface area contributed by atoms with Crippen molar-refractivity contribution in [1.82, 2.24) is 9.88 Å². The second-order valence-electron chi connectivity index (χ2n) is 6.36. The monoisotopic (exact) mass is 281 g/mol. The van der Waals surface area contributed by atoms with E-state index in [-0.39, 0.29) is 0 Å². The van der Waals surface area contributed by atoms with Crippen molar-refractivity contribution in [3.8, 4) is 11.3 Å². The van der Waals surface area contributed by atoms with Gasteiger partial charge >= 0.3 is 0 Å². The maximum atomic E-state index is 3.26. The average molecular weight is 281 g/mol. The van der Waals surface area contributed by atoms with Gasteiger partial charge in [-0.1, -0.05) is 12.1 Å². The number of aromatic nitrogens is 1. The van der Waals surface area contributed by atoms with Crippen molar-refractivity contribution in [3.63, 3.8) is 0 Å². The first kappa shape index (κ1) is 13.0. The topological polar surface area (TPSA) is 22.3 Å². The fourth-order valence-corrected chi connectivity index (χ4v) is 3.22. The van der Waals surface area contributed by atoms with Gasteiger partial charge in [0.25, 0.3) is 0 Å². The summed E-state index contributed by atoms with van der Waals surface area (Å²) in [7, 11) is 0. The first-order chi connectivity index (χ1) is 10.4. The van der Waals surface area contributed by atoms with Gasteiger partial charge in [0.2, 0.25) is 0 Å². The molecule has 1 aromatic carbocycles. The zero-order valence-electron chi connectivity index (χ0n) is 12.5. The van der Waals surface area contributed by atoms with Crippen LogP contribution in [0.15, 0.2) is 42.6 Å². The Morgan fingerprint density at radius 3 is 2.33 bits per heavy atom. The Balaban J connectivity index is 1.38. The molecule has 0 unspecified atom stereocenters. The van der Waals surface area contributed by atoms with Gasteiger partial charge in [-0.25, -0.2) is 0 Å². The van der Waals surface area contributed by atoms with E-state index < -0.39 is 0 Å². The van der Waals surface area contributed by atoms with Crippen molar-refractivity contribution in [2.45, 2.75) is 12.8 Å². The van der Waals surface area contributed by atoms with Crippen molar-refractivity contribution in [2.75, 3.05) is 37.6 Å². The molecule has 1 N–H and O–H groups in total. The van der Waals surface area contributed by atoms with Crippen LogP contribution in [-0.2, 0) is 0 Å². The number of hydrogen-bond donors (Lipinski definition) is 1. The van der Waals surface area contributed by atoms with E-state index in [9.17, 15) is 0 Å². The number of benzene rings is 1. The van der Waals surface area contributed by atoms with Gasteiger partial charge in [-0.05, 0) is 48.6 Å². The minimum atomic E-state index is 1.01. The van der Waals surface area contributed by atoms with Gasteiger partial charge in [0, 0.05) is 50.3 Å². The molecule has 2 heterocycles. The van der Waals surface area contributed by atoms with Gasteiger partial charge in [-0.3, -0.25) is 4.90 Å². The van der Waals surface area contributed by atoms with Gasteiger partial charge < -0.3 is 9.88 Å². The van der Waals surface area contributed by atoms with E-state index >= 15 is 0 Å². The molecule has 1 aromatic heterocycles. The van der Waals surface area contributed by atoms with E-state index in [0.29, 0.717) is 0 Å². The number of aromatic amines is 1. The summed E-state index contributed by atoms with van der Waals surface area (Å²) in [5.74, 6) is 1.01. The molecule has 0 atom stereocenters. The quantitative estimate of drug-likeness (QED) is 0.929. The molecule has 0 spiro atoms. The molecule has 1 saturated carbocycles. The summed E-state index contributed by atoms with van der Waals surface area (Å²) in [6, 6.07) is 13.1. The van der Waals surface area contributed by atoms with Gasteiger partial charge in [0.1, 0.15) is 0 Å². The predicted molar refractivity (Wildman–Crippen MR) is 87.6 cm³/mol. The maximum Gasteiger partial charge on any atom is 0.0453 e. The zero-order valence-corrected chi connectivity index (χ0v) is 12.5. The lowest BCUT2D eigenvalue weighted by Crippen LogP contribution is -2.47. The Labute approximate surface area is 126 Å². The van der Waals surface area contributed by atoms with E-state index in [2.05, 4.69) is 45.1 Å². The molecule has 0 amide bonds. The van der Waals surface area contributed by atoms with Crippen molar-refractivity contribution in [2.24, 2.45) is 5.92 Å². The van der Waals surface area contributed by atoms with Crippen LogP contribution < -0.4 is 4.90 Å². The van der Waals surface area contributed by atoms with Crippen LogP contribution in [0.5, 0.6) is 0 Å². The molecule has 110 valence electrons. The van der Waals surface area contributed by atoms with Crippen LogP contribution in [0.25, 0.3) is 11.3 Å². The number of piperazine rings is 1. The number of hydrogen-bond acceptors (Lipinski definition) is 2. The lowest BCUT2D eigenvalue weighted by molar-refractivity contribution is 0.248. The SMILES string of the molecule is c1c[nH]c(-c2ccc(N3CCN(CC4CC4)CC3)cc2)c1. The normalized spacial score (nSPS) is 19.9.